The van der Waals surface area contributed by atoms with Crippen LogP contribution >= 0.6 is 0 Å². The molecule has 2 heterocycles. The van der Waals surface area contributed by atoms with Crippen LogP contribution in [0.15, 0.2) is 35.1 Å². The number of ether oxygens (including phenoxy) is 1. The van der Waals surface area contributed by atoms with E-state index in [-0.39, 0.29) is 18.1 Å². The van der Waals surface area contributed by atoms with Gasteiger partial charge in [-0.2, -0.15) is 9.78 Å². The van der Waals surface area contributed by atoms with Gasteiger partial charge < -0.3 is 10.1 Å². The smallest absolute Gasteiger partial charge is 0.263 e. The highest BCUT2D eigenvalue weighted by atomic mass is 16.5. The molecular weight excluding hydrogens is 382 g/mol. The summed E-state index contributed by atoms with van der Waals surface area (Å²) in [6, 6.07) is 9.38. The Balaban J connectivity index is 1.38. The molecule has 2 aromatic heterocycles. The van der Waals surface area contributed by atoms with Crippen molar-refractivity contribution in [2.24, 2.45) is 0 Å². The van der Waals surface area contributed by atoms with Crippen LogP contribution in [0.25, 0.3) is 5.95 Å². The Bertz CT molecular complexity index is 1160. The molecule has 5 rings (SSSR count). The van der Waals surface area contributed by atoms with Crippen molar-refractivity contribution in [3.63, 3.8) is 0 Å². The highest BCUT2D eigenvalue weighted by Crippen LogP contribution is 2.40. The van der Waals surface area contributed by atoms with Crippen molar-refractivity contribution in [3.8, 4) is 11.7 Å². The van der Waals surface area contributed by atoms with Gasteiger partial charge in [0.2, 0.25) is 5.95 Å². The topological polar surface area (TPSA) is 102 Å². The van der Waals surface area contributed by atoms with Crippen molar-refractivity contribution in [3.05, 3.63) is 63.2 Å². The fourth-order valence-corrected chi connectivity index (χ4v) is 3.72. The van der Waals surface area contributed by atoms with E-state index < -0.39 is 0 Å². The number of nitrogens with zero attached hydrogens (tertiary/aromatic N) is 3. The zero-order chi connectivity index (χ0) is 20.7. The minimum atomic E-state index is -0.303. The van der Waals surface area contributed by atoms with Crippen LogP contribution in [0.3, 0.4) is 0 Å². The molecule has 8 nitrogen and oxygen atoms in total. The Morgan fingerprint density at radius 1 is 1.27 bits per heavy atom. The van der Waals surface area contributed by atoms with Crippen LogP contribution in [-0.4, -0.2) is 32.3 Å². The van der Waals surface area contributed by atoms with Crippen molar-refractivity contribution in [1.29, 1.82) is 0 Å². The van der Waals surface area contributed by atoms with Gasteiger partial charge in [0.05, 0.1) is 11.4 Å². The van der Waals surface area contributed by atoms with Crippen molar-refractivity contribution < 1.29 is 9.53 Å². The minimum Gasteiger partial charge on any atom is -0.484 e. The lowest BCUT2D eigenvalue weighted by atomic mass is 10.2. The predicted molar refractivity (Wildman–Crippen MR) is 111 cm³/mol. The summed E-state index contributed by atoms with van der Waals surface area (Å²) in [4.78, 5) is 32.4. The number of carbonyl (C=O) groups excluding carboxylic acids is 1. The maximum absolute atomic E-state index is 12.5. The van der Waals surface area contributed by atoms with Gasteiger partial charge in [0.25, 0.3) is 11.5 Å². The number of nitrogens with one attached hydrogen (secondary N) is 2. The average molecular weight is 405 g/mol. The molecule has 1 amide bonds. The fourth-order valence-electron chi connectivity index (χ4n) is 3.72. The SMILES string of the molecule is Cc1ccc(OCC(=O)Nc2cc(C3CC3)nn2-c2nc3c(c(=O)[nH]2)CCC3)cc1. The Morgan fingerprint density at radius 2 is 2.07 bits per heavy atom. The maximum Gasteiger partial charge on any atom is 0.263 e. The Hall–Kier alpha value is -3.42. The molecule has 1 aromatic carbocycles. The lowest BCUT2D eigenvalue weighted by Gasteiger charge is -2.10. The summed E-state index contributed by atoms with van der Waals surface area (Å²) in [5.74, 6) is 1.54. The van der Waals surface area contributed by atoms with E-state index in [0.29, 0.717) is 23.4 Å². The quantitative estimate of drug-likeness (QED) is 0.656. The Labute approximate surface area is 173 Å². The van der Waals surface area contributed by atoms with E-state index in [1.165, 1.54) is 4.68 Å². The lowest BCUT2D eigenvalue weighted by Crippen LogP contribution is -2.24. The highest BCUT2D eigenvalue weighted by Gasteiger charge is 2.29. The standard InChI is InChI=1S/C22H23N5O3/c1-13-5-9-15(10-6-13)30-12-20(28)24-19-11-18(14-7-8-14)26-27(19)22-23-17-4-2-3-16(17)21(29)25-22/h5-6,9-11,14H,2-4,7-8,12H2,1H3,(H,24,28)(H,23,25,29). The van der Waals surface area contributed by atoms with Gasteiger partial charge in [-0.1, -0.05) is 17.7 Å². The first-order valence-electron chi connectivity index (χ1n) is 10.3. The Morgan fingerprint density at radius 3 is 2.83 bits per heavy atom. The van der Waals surface area contributed by atoms with Crippen LogP contribution < -0.4 is 15.6 Å². The number of hydrogen-bond acceptors (Lipinski definition) is 5. The number of aromatic nitrogens is 4. The number of aryl methyl sites for hydroxylation is 2. The van der Waals surface area contributed by atoms with Crippen LogP contribution in [0.4, 0.5) is 5.82 Å². The van der Waals surface area contributed by atoms with Crippen molar-refractivity contribution >= 4 is 11.7 Å². The maximum atomic E-state index is 12.5. The molecule has 30 heavy (non-hydrogen) atoms. The molecule has 0 aliphatic heterocycles. The molecule has 0 atom stereocenters. The van der Waals surface area contributed by atoms with Crippen molar-refractivity contribution in [2.75, 3.05) is 11.9 Å². The van der Waals surface area contributed by atoms with Crippen molar-refractivity contribution in [1.82, 2.24) is 19.7 Å². The summed E-state index contributed by atoms with van der Waals surface area (Å²) in [6.45, 7) is 1.87. The normalized spacial score (nSPS) is 15.1. The molecule has 0 spiro atoms. The van der Waals surface area contributed by atoms with Gasteiger partial charge in [0.1, 0.15) is 11.6 Å². The van der Waals surface area contributed by atoms with Gasteiger partial charge in [-0.3, -0.25) is 14.6 Å². The van der Waals surface area contributed by atoms with Gasteiger partial charge in [0.15, 0.2) is 6.61 Å². The van der Waals surface area contributed by atoms with Gasteiger partial charge >= 0.3 is 0 Å². The van der Waals surface area contributed by atoms with Crippen LogP contribution in [0.2, 0.25) is 0 Å². The molecule has 2 aliphatic carbocycles. The minimum absolute atomic E-state index is 0.124. The largest absolute Gasteiger partial charge is 0.484 e. The van der Waals surface area contributed by atoms with E-state index in [9.17, 15) is 9.59 Å². The third-order valence-electron chi connectivity index (χ3n) is 5.51. The molecule has 2 N–H and O–H groups in total. The van der Waals surface area contributed by atoms with Gasteiger partial charge in [-0.25, -0.2) is 4.98 Å². The first-order valence-corrected chi connectivity index (χ1v) is 10.3. The summed E-state index contributed by atoms with van der Waals surface area (Å²) in [5, 5.41) is 7.47. The first kappa shape index (κ1) is 18.6. The van der Waals surface area contributed by atoms with E-state index in [1.54, 1.807) is 0 Å². The molecule has 8 heteroatoms. The van der Waals surface area contributed by atoms with Gasteiger partial charge in [-0.05, 0) is 51.2 Å². The molecule has 0 bridgehead atoms. The number of fused-ring (bicyclic) bond motifs is 1. The summed E-state index contributed by atoms with van der Waals surface area (Å²) >= 11 is 0. The van der Waals surface area contributed by atoms with E-state index in [1.807, 2.05) is 37.3 Å². The molecule has 0 unspecified atom stereocenters. The summed E-state index contributed by atoms with van der Waals surface area (Å²) < 4.78 is 7.10. The Kier molecular flexibility index (Phi) is 4.61. The molecule has 154 valence electrons. The van der Waals surface area contributed by atoms with Crippen molar-refractivity contribution in [2.45, 2.75) is 44.9 Å². The number of hydrogen-bond donors (Lipinski definition) is 2. The number of amides is 1. The summed E-state index contributed by atoms with van der Waals surface area (Å²) in [5.41, 5.74) is 3.46. The van der Waals surface area contributed by atoms with E-state index in [2.05, 4.69) is 20.4 Å². The number of anilines is 1. The number of carbonyl (C=O) groups is 1. The van der Waals surface area contributed by atoms with Crippen LogP contribution in [-0.2, 0) is 17.6 Å². The van der Waals surface area contributed by atoms with Crippen LogP contribution in [0, 0.1) is 6.92 Å². The fraction of sp³-hybridized carbons (Fsp3) is 0.364. The monoisotopic (exact) mass is 405 g/mol. The van der Waals surface area contributed by atoms with Crippen LogP contribution in [0.1, 0.15) is 47.7 Å². The molecule has 3 aromatic rings. The van der Waals surface area contributed by atoms with Gasteiger partial charge in [0, 0.05) is 17.5 Å². The zero-order valence-electron chi connectivity index (χ0n) is 16.8. The molecule has 2 aliphatic rings. The second-order valence-corrected chi connectivity index (χ2v) is 7.96. The van der Waals surface area contributed by atoms with Gasteiger partial charge in [-0.15, -0.1) is 0 Å². The second-order valence-electron chi connectivity index (χ2n) is 7.96. The zero-order valence-corrected chi connectivity index (χ0v) is 16.8. The third-order valence-corrected chi connectivity index (χ3v) is 5.51. The molecule has 0 saturated heterocycles. The van der Waals surface area contributed by atoms with Crippen LogP contribution in [0.5, 0.6) is 5.75 Å². The molecule has 0 radical (unpaired) electrons. The highest BCUT2D eigenvalue weighted by molar-refractivity contribution is 5.91. The second kappa shape index (κ2) is 7.44. The lowest BCUT2D eigenvalue weighted by molar-refractivity contribution is -0.118. The first-order chi connectivity index (χ1) is 14.6. The number of aromatic amines is 1. The van der Waals surface area contributed by atoms with E-state index in [0.717, 1.165) is 54.6 Å². The number of H-pyrrole nitrogens is 1. The number of rotatable bonds is 6. The molecule has 1 saturated carbocycles. The molecular formula is C22H23N5O3. The average Bonchev–Trinajstić information content (AvgIpc) is 3.32. The van der Waals surface area contributed by atoms with E-state index in [4.69, 9.17) is 4.74 Å². The molecule has 1 fully saturated rings. The third kappa shape index (κ3) is 3.72. The predicted octanol–water partition coefficient (Wildman–Crippen LogP) is 2.65. The summed E-state index contributed by atoms with van der Waals surface area (Å²) in [6.07, 6.45) is 4.63. The van der Waals surface area contributed by atoms with E-state index >= 15 is 0 Å². The summed E-state index contributed by atoms with van der Waals surface area (Å²) in [7, 11) is 0. The number of benzene rings is 1.